The van der Waals surface area contributed by atoms with Gasteiger partial charge in [-0.05, 0) is 18.4 Å². The SMILES string of the molecule is CCn1c(SCC(=O)NCC(F)(F)F)nc2scc(-c3cccs3)c2c1=O. The fraction of sp³-hybridized carbons (Fsp3) is 0.312. The van der Waals surface area contributed by atoms with Crippen LogP contribution in [-0.4, -0.2) is 33.9 Å². The van der Waals surface area contributed by atoms with Crippen LogP contribution < -0.4 is 10.9 Å². The number of fused-ring (bicyclic) bond motifs is 1. The van der Waals surface area contributed by atoms with E-state index >= 15 is 0 Å². The molecule has 0 radical (unpaired) electrons. The molecule has 3 heterocycles. The number of hydrogen-bond donors (Lipinski definition) is 1. The van der Waals surface area contributed by atoms with Crippen molar-refractivity contribution in [2.24, 2.45) is 0 Å². The van der Waals surface area contributed by atoms with Gasteiger partial charge in [-0.1, -0.05) is 17.8 Å². The van der Waals surface area contributed by atoms with Crippen LogP contribution in [-0.2, 0) is 11.3 Å². The van der Waals surface area contributed by atoms with Crippen molar-refractivity contribution in [3.63, 3.8) is 0 Å². The average molecular weight is 434 g/mol. The number of nitrogens with one attached hydrogen (secondary N) is 1. The molecular weight excluding hydrogens is 419 g/mol. The molecule has 3 rings (SSSR count). The van der Waals surface area contributed by atoms with Crippen molar-refractivity contribution < 1.29 is 18.0 Å². The van der Waals surface area contributed by atoms with Gasteiger partial charge in [0.1, 0.15) is 11.4 Å². The maximum absolute atomic E-state index is 12.9. The average Bonchev–Trinajstić information content (AvgIpc) is 3.26. The van der Waals surface area contributed by atoms with Gasteiger partial charge in [0.05, 0.1) is 11.1 Å². The fourth-order valence-corrected chi connectivity index (χ4v) is 5.08. The molecule has 1 amide bonds. The molecule has 0 saturated heterocycles. The van der Waals surface area contributed by atoms with Crippen LogP contribution in [0.3, 0.4) is 0 Å². The highest BCUT2D eigenvalue weighted by atomic mass is 32.2. The Morgan fingerprint density at radius 3 is 2.78 bits per heavy atom. The van der Waals surface area contributed by atoms with Gasteiger partial charge in [0.15, 0.2) is 5.16 Å². The summed E-state index contributed by atoms with van der Waals surface area (Å²) in [4.78, 5) is 30.5. The summed E-state index contributed by atoms with van der Waals surface area (Å²) in [6, 6.07) is 3.83. The first-order chi connectivity index (χ1) is 12.8. The number of aromatic nitrogens is 2. The van der Waals surface area contributed by atoms with Crippen LogP contribution in [0, 0.1) is 0 Å². The number of carbonyl (C=O) groups is 1. The largest absolute Gasteiger partial charge is 0.405 e. The van der Waals surface area contributed by atoms with E-state index in [2.05, 4.69) is 4.98 Å². The Labute approximate surface area is 164 Å². The smallest absolute Gasteiger partial charge is 0.346 e. The summed E-state index contributed by atoms with van der Waals surface area (Å²) in [5.41, 5.74) is 0.606. The van der Waals surface area contributed by atoms with Gasteiger partial charge in [-0.2, -0.15) is 13.2 Å². The zero-order chi connectivity index (χ0) is 19.6. The van der Waals surface area contributed by atoms with Crippen LogP contribution in [0.1, 0.15) is 6.92 Å². The number of carbonyl (C=O) groups excluding carboxylic acids is 1. The Kier molecular flexibility index (Phi) is 5.92. The summed E-state index contributed by atoms with van der Waals surface area (Å²) in [6.45, 7) is 0.739. The second-order valence-corrected chi connectivity index (χ2v) is 8.18. The molecule has 0 aliphatic heterocycles. The zero-order valence-electron chi connectivity index (χ0n) is 14.0. The van der Waals surface area contributed by atoms with Crippen molar-refractivity contribution in [2.75, 3.05) is 12.3 Å². The van der Waals surface area contributed by atoms with Crippen LogP contribution in [0.15, 0.2) is 32.8 Å². The van der Waals surface area contributed by atoms with E-state index in [9.17, 15) is 22.8 Å². The molecule has 0 saturated carbocycles. The molecule has 3 aromatic heterocycles. The predicted octanol–water partition coefficient (Wildman–Crippen LogP) is 3.98. The van der Waals surface area contributed by atoms with E-state index in [1.807, 2.05) is 28.2 Å². The van der Waals surface area contributed by atoms with Crippen LogP contribution in [0.25, 0.3) is 20.7 Å². The highest BCUT2D eigenvalue weighted by molar-refractivity contribution is 7.99. The highest BCUT2D eigenvalue weighted by Crippen LogP contribution is 2.34. The molecule has 0 unspecified atom stereocenters. The molecule has 0 aromatic carbocycles. The summed E-state index contributed by atoms with van der Waals surface area (Å²) in [5, 5.41) is 6.44. The van der Waals surface area contributed by atoms with Crippen molar-refractivity contribution in [1.29, 1.82) is 0 Å². The molecule has 3 aromatic rings. The maximum Gasteiger partial charge on any atom is 0.405 e. The first-order valence-corrected chi connectivity index (χ1v) is 10.6. The van der Waals surface area contributed by atoms with Gasteiger partial charge in [-0.25, -0.2) is 4.98 Å². The molecule has 0 aliphatic rings. The first-order valence-electron chi connectivity index (χ1n) is 7.82. The van der Waals surface area contributed by atoms with Crippen LogP contribution in [0.4, 0.5) is 13.2 Å². The topological polar surface area (TPSA) is 64.0 Å². The molecule has 11 heteroatoms. The molecule has 0 aliphatic carbocycles. The monoisotopic (exact) mass is 433 g/mol. The maximum atomic E-state index is 12.9. The minimum atomic E-state index is -4.46. The van der Waals surface area contributed by atoms with Gasteiger partial charge in [-0.3, -0.25) is 14.2 Å². The van der Waals surface area contributed by atoms with Gasteiger partial charge in [-0.15, -0.1) is 22.7 Å². The summed E-state index contributed by atoms with van der Waals surface area (Å²) >= 11 is 3.80. The van der Waals surface area contributed by atoms with E-state index in [0.717, 1.165) is 22.2 Å². The molecule has 0 atom stereocenters. The lowest BCUT2D eigenvalue weighted by molar-refractivity contribution is -0.136. The number of hydrogen-bond acceptors (Lipinski definition) is 6. The second-order valence-electron chi connectivity index (χ2n) is 5.43. The molecule has 0 fully saturated rings. The van der Waals surface area contributed by atoms with Crippen molar-refractivity contribution in [1.82, 2.24) is 14.9 Å². The van der Waals surface area contributed by atoms with E-state index in [4.69, 9.17) is 0 Å². The molecular formula is C16H14F3N3O2S3. The fourth-order valence-electron chi connectivity index (χ4n) is 2.39. The molecule has 0 bridgehead atoms. The van der Waals surface area contributed by atoms with E-state index in [1.54, 1.807) is 6.92 Å². The Morgan fingerprint density at radius 2 is 2.15 bits per heavy atom. The van der Waals surface area contributed by atoms with Crippen LogP contribution in [0.2, 0.25) is 0 Å². The standard InChI is InChI=1S/C16H14F3N3O2S3/c1-2-22-14(24)12-9(10-4-3-5-25-10)6-26-13(12)21-15(22)27-7-11(23)20-8-16(17,18)19/h3-6H,2,7-8H2,1H3,(H,20,23). The Balaban J connectivity index is 1.87. The lowest BCUT2D eigenvalue weighted by Gasteiger charge is -2.11. The normalized spacial score (nSPS) is 11.9. The van der Waals surface area contributed by atoms with Crippen molar-refractivity contribution in [3.8, 4) is 10.4 Å². The van der Waals surface area contributed by atoms with E-state index in [0.29, 0.717) is 21.9 Å². The van der Waals surface area contributed by atoms with Gasteiger partial charge in [0.2, 0.25) is 5.91 Å². The summed E-state index contributed by atoms with van der Waals surface area (Å²) in [5.74, 6) is -1.02. The lowest BCUT2D eigenvalue weighted by Crippen LogP contribution is -2.35. The number of nitrogens with zero attached hydrogens (tertiary/aromatic N) is 2. The van der Waals surface area contributed by atoms with E-state index in [1.165, 1.54) is 27.2 Å². The number of rotatable bonds is 6. The van der Waals surface area contributed by atoms with Gasteiger partial charge in [0, 0.05) is 22.4 Å². The third kappa shape index (κ3) is 4.53. The summed E-state index contributed by atoms with van der Waals surface area (Å²) < 4.78 is 37.9. The third-order valence-corrected chi connectivity index (χ3v) is 6.33. The Bertz CT molecular complexity index is 1010. The van der Waals surface area contributed by atoms with Crippen molar-refractivity contribution in [3.05, 3.63) is 33.2 Å². The third-order valence-electron chi connectivity index (χ3n) is 3.58. The molecule has 5 nitrogen and oxygen atoms in total. The second kappa shape index (κ2) is 8.03. The predicted molar refractivity (Wildman–Crippen MR) is 103 cm³/mol. The number of halogens is 3. The number of amides is 1. The minimum Gasteiger partial charge on any atom is -0.346 e. The van der Waals surface area contributed by atoms with Crippen LogP contribution in [0.5, 0.6) is 0 Å². The first kappa shape index (κ1) is 19.9. The molecule has 27 heavy (non-hydrogen) atoms. The van der Waals surface area contributed by atoms with Gasteiger partial charge < -0.3 is 5.32 Å². The minimum absolute atomic E-state index is 0.217. The molecule has 1 N–H and O–H groups in total. The number of alkyl halides is 3. The van der Waals surface area contributed by atoms with E-state index < -0.39 is 18.6 Å². The Morgan fingerprint density at radius 1 is 1.37 bits per heavy atom. The summed E-state index contributed by atoms with van der Waals surface area (Å²) in [6.07, 6.45) is -4.46. The Hall–Kier alpha value is -1.85. The number of thiophene rings is 2. The molecule has 144 valence electrons. The van der Waals surface area contributed by atoms with Gasteiger partial charge >= 0.3 is 6.18 Å². The zero-order valence-corrected chi connectivity index (χ0v) is 16.4. The lowest BCUT2D eigenvalue weighted by atomic mass is 10.2. The number of thioether (sulfide) groups is 1. The van der Waals surface area contributed by atoms with Gasteiger partial charge in [0.25, 0.3) is 5.56 Å². The summed E-state index contributed by atoms with van der Waals surface area (Å²) in [7, 11) is 0. The van der Waals surface area contributed by atoms with Crippen molar-refractivity contribution in [2.45, 2.75) is 24.8 Å². The van der Waals surface area contributed by atoms with Crippen molar-refractivity contribution >= 4 is 50.6 Å². The molecule has 0 spiro atoms. The quantitative estimate of drug-likeness (QED) is 0.472. The highest BCUT2D eigenvalue weighted by Gasteiger charge is 2.27. The van der Waals surface area contributed by atoms with Crippen LogP contribution >= 0.6 is 34.4 Å². The van der Waals surface area contributed by atoms with E-state index in [-0.39, 0.29) is 11.3 Å².